The Morgan fingerprint density at radius 3 is 2.40 bits per heavy atom. The highest BCUT2D eigenvalue weighted by molar-refractivity contribution is 5.87. The van der Waals surface area contributed by atoms with E-state index in [1.54, 1.807) is 11.8 Å². The number of aryl methyl sites for hydroxylation is 1. The molecular formula is C25H34N2O3. The number of hydrogen-bond acceptors (Lipinski definition) is 3. The normalized spacial score (nSPS) is 12.2. The monoisotopic (exact) mass is 410 g/mol. The van der Waals surface area contributed by atoms with Crippen molar-refractivity contribution in [3.05, 3.63) is 65.7 Å². The van der Waals surface area contributed by atoms with Crippen molar-refractivity contribution >= 4 is 11.8 Å². The minimum absolute atomic E-state index is 0.0512. The second kappa shape index (κ2) is 10.8. The first-order valence-corrected chi connectivity index (χ1v) is 10.5. The van der Waals surface area contributed by atoms with Crippen molar-refractivity contribution in [1.82, 2.24) is 10.2 Å². The van der Waals surface area contributed by atoms with Gasteiger partial charge in [-0.25, -0.2) is 0 Å². The average molecular weight is 411 g/mol. The second-order valence-corrected chi connectivity index (χ2v) is 8.69. The van der Waals surface area contributed by atoms with Crippen LogP contribution in [0.5, 0.6) is 5.75 Å². The van der Waals surface area contributed by atoms with E-state index in [0.29, 0.717) is 26.0 Å². The molecule has 0 aliphatic heterocycles. The summed E-state index contributed by atoms with van der Waals surface area (Å²) < 4.78 is 5.69. The van der Waals surface area contributed by atoms with Gasteiger partial charge in [0, 0.05) is 18.5 Å². The predicted molar refractivity (Wildman–Crippen MR) is 120 cm³/mol. The number of para-hydroxylation sites is 1. The van der Waals surface area contributed by atoms with Gasteiger partial charge >= 0.3 is 0 Å². The molecule has 0 heterocycles. The van der Waals surface area contributed by atoms with E-state index in [4.69, 9.17) is 4.74 Å². The molecule has 2 amide bonds. The largest absolute Gasteiger partial charge is 0.494 e. The molecule has 2 rings (SSSR count). The Labute approximate surface area is 180 Å². The lowest BCUT2D eigenvalue weighted by atomic mass is 10.1. The van der Waals surface area contributed by atoms with E-state index in [9.17, 15) is 9.59 Å². The maximum Gasteiger partial charge on any atom is 0.242 e. The Kier molecular flexibility index (Phi) is 8.46. The second-order valence-electron chi connectivity index (χ2n) is 8.69. The van der Waals surface area contributed by atoms with E-state index < -0.39 is 6.04 Å². The third-order valence-electron chi connectivity index (χ3n) is 4.65. The molecule has 162 valence electrons. The highest BCUT2D eigenvalue weighted by Gasteiger charge is 2.28. The summed E-state index contributed by atoms with van der Waals surface area (Å²) in [5.74, 6) is 0.591. The number of benzene rings is 2. The molecule has 0 saturated carbocycles. The summed E-state index contributed by atoms with van der Waals surface area (Å²) in [4.78, 5) is 27.5. The molecule has 0 fully saturated rings. The van der Waals surface area contributed by atoms with Crippen molar-refractivity contribution in [1.29, 1.82) is 0 Å². The van der Waals surface area contributed by atoms with Crippen molar-refractivity contribution in [3.63, 3.8) is 0 Å². The highest BCUT2D eigenvalue weighted by atomic mass is 16.5. The van der Waals surface area contributed by atoms with Gasteiger partial charge < -0.3 is 15.0 Å². The van der Waals surface area contributed by atoms with Crippen LogP contribution in [0.15, 0.2) is 54.6 Å². The van der Waals surface area contributed by atoms with Crippen LogP contribution in [0, 0.1) is 6.92 Å². The lowest BCUT2D eigenvalue weighted by molar-refractivity contribution is -0.141. The molecule has 30 heavy (non-hydrogen) atoms. The van der Waals surface area contributed by atoms with E-state index >= 15 is 0 Å². The Balaban J connectivity index is 2.03. The molecule has 1 N–H and O–H groups in total. The minimum Gasteiger partial charge on any atom is -0.494 e. The van der Waals surface area contributed by atoms with Gasteiger partial charge in [0.05, 0.1) is 6.61 Å². The molecule has 5 heteroatoms. The van der Waals surface area contributed by atoms with Crippen molar-refractivity contribution < 1.29 is 14.3 Å². The summed E-state index contributed by atoms with van der Waals surface area (Å²) in [6, 6.07) is 17.0. The molecule has 0 aliphatic rings. The minimum atomic E-state index is -0.563. The molecule has 2 aromatic rings. The van der Waals surface area contributed by atoms with Crippen LogP contribution in [0.4, 0.5) is 0 Å². The average Bonchev–Trinajstić information content (AvgIpc) is 2.68. The first-order chi connectivity index (χ1) is 14.2. The van der Waals surface area contributed by atoms with E-state index in [1.165, 1.54) is 0 Å². The van der Waals surface area contributed by atoms with E-state index in [0.717, 1.165) is 16.9 Å². The number of nitrogens with zero attached hydrogens (tertiary/aromatic N) is 1. The van der Waals surface area contributed by atoms with Gasteiger partial charge in [-0.2, -0.15) is 0 Å². The number of rotatable bonds is 9. The van der Waals surface area contributed by atoms with Gasteiger partial charge in [-0.3, -0.25) is 9.59 Å². The smallest absolute Gasteiger partial charge is 0.242 e. The summed E-state index contributed by atoms with van der Waals surface area (Å²) in [6.45, 7) is 10.5. The quantitative estimate of drug-likeness (QED) is 0.620. The molecule has 2 aromatic carbocycles. The predicted octanol–water partition coefficient (Wildman–Crippen LogP) is 4.49. The molecule has 0 aromatic heterocycles. The zero-order valence-corrected chi connectivity index (χ0v) is 18.8. The number of hydrogen-bond donors (Lipinski definition) is 1. The summed E-state index contributed by atoms with van der Waals surface area (Å²) in [5.41, 5.74) is 1.79. The Bertz CT molecular complexity index is 828. The first kappa shape index (κ1) is 23.5. The summed E-state index contributed by atoms with van der Waals surface area (Å²) in [7, 11) is 0. The third kappa shape index (κ3) is 7.90. The highest BCUT2D eigenvalue weighted by Crippen LogP contribution is 2.15. The van der Waals surface area contributed by atoms with Crippen LogP contribution in [-0.2, 0) is 16.1 Å². The van der Waals surface area contributed by atoms with Crippen molar-refractivity contribution in [3.8, 4) is 5.75 Å². The molecule has 0 saturated heterocycles. The van der Waals surface area contributed by atoms with Crippen LogP contribution in [0.25, 0.3) is 0 Å². The summed E-state index contributed by atoms with van der Waals surface area (Å²) >= 11 is 0. The molecule has 0 bridgehead atoms. The van der Waals surface area contributed by atoms with Crippen LogP contribution in [0.3, 0.4) is 0 Å². The summed E-state index contributed by atoms with van der Waals surface area (Å²) in [6.07, 6.45) is 0.914. The molecule has 0 radical (unpaired) electrons. The van der Waals surface area contributed by atoms with Crippen molar-refractivity contribution in [2.75, 3.05) is 6.61 Å². The fourth-order valence-electron chi connectivity index (χ4n) is 3.14. The number of carbonyl (C=O) groups excluding carboxylic acids is 2. The number of carbonyl (C=O) groups is 2. The van der Waals surface area contributed by atoms with Crippen LogP contribution in [0.2, 0.25) is 0 Å². The van der Waals surface area contributed by atoms with Crippen molar-refractivity contribution in [2.45, 2.75) is 65.6 Å². The Morgan fingerprint density at radius 2 is 1.77 bits per heavy atom. The zero-order valence-electron chi connectivity index (χ0n) is 18.8. The fraction of sp³-hybridized carbons (Fsp3) is 0.440. The van der Waals surface area contributed by atoms with Crippen LogP contribution in [0.1, 0.15) is 51.7 Å². The number of ether oxygens (including phenoxy) is 1. The van der Waals surface area contributed by atoms with Gasteiger partial charge in [-0.1, -0.05) is 48.0 Å². The van der Waals surface area contributed by atoms with Crippen LogP contribution >= 0.6 is 0 Å². The standard InChI is InChI=1S/C25H34N2O3/c1-19-11-9-12-21(17-19)18-27(20(2)24(29)26-25(3,4)5)23(28)15-10-16-30-22-13-7-6-8-14-22/h6-9,11-14,17,20H,10,15-16,18H2,1-5H3,(H,26,29). The summed E-state index contributed by atoms with van der Waals surface area (Å²) in [5, 5.41) is 2.98. The van der Waals surface area contributed by atoms with E-state index in [1.807, 2.05) is 82.3 Å². The van der Waals surface area contributed by atoms with Crippen LogP contribution in [-0.4, -0.2) is 34.9 Å². The van der Waals surface area contributed by atoms with Gasteiger partial charge in [0.2, 0.25) is 11.8 Å². The van der Waals surface area contributed by atoms with Gasteiger partial charge in [0.1, 0.15) is 11.8 Å². The van der Waals surface area contributed by atoms with Gasteiger partial charge in [0.25, 0.3) is 0 Å². The topological polar surface area (TPSA) is 58.6 Å². The molecule has 0 aliphatic carbocycles. The third-order valence-corrected chi connectivity index (χ3v) is 4.65. The number of nitrogens with one attached hydrogen (secondary N) is 1. The first-order valence-electron chi connectivity index (χ1n) is 10.5. The maximum atomic E-state index is 13.0. The van der Waals surface area contributed by atoms with Crippen LogP contribution < -0.4 is 10.1 Å². The SMILES string of the molecule is Cc1cccc(CN(C(=O)CCCOc2ccccc2)C(C)C(=O)NC(C)(C)C)c1. The number of amides is 2. The maximum absolute atomic E-state index is 13.0. The van der Waals surface area contributed by atoms with Crippen molar-refractivity contribution in [2.24, 2.45) is 0 Å². The fourth-order valence-corrected chi connectivity index (χ4v) is 3.14. The van der Waals surface area contributed by atoms with E-state index in [2.05, 4.69) is 5.32 Å². The van der Waals surface area contributed by atoms with Gasteiger partial charge in [-0.05, 0) is 58.7 Å². The molecule has 5 nitrogen and oxygen atoms in total. The van der Waals surface area contributed by atoms with E-state index in [-0.39, 0.29) is 17.4 Å². The lowest BCUT2D eigenvalue weighted by Gasteiger charge is -2.31. The molecule has 1 unspecified atom stereocenters. The van der Waals surface area contributed by atoms with Gasteiger partial charge in [-0.15, -0.1) is 0 Å². The zero-order chi connectivity index (χ0) is 22.1. The van der Waals surface area contributed by atoms with Gasteiger partial charge in [0.15, 0.2) is 0 Å². The molecular weight excluding hydrogens is 376 g/mol. The molecule has 1 atom stereocenters. The Hall–Kier alpha value is -2.82. The molecule has 0 spiro atoms. The lowest BCUT2D eigenvalue weighted by Crippen LogP contribution is -2.52. The Morgan fingerprint density at radius 1 is 1.07 bits per heavy atom.